The normalized spacial score (nSPS) is 12.3. The van der Waals surface area contributed by atoms with Gasteiger partial charge in [0.1, 0.15) is 11.4 Å². The maximum Gasteiger partial charge on any atom is 0.164 e. The van der Waals surface area contributed by atoms with Crippen LogP contribution in [0.25, 0.3) is 167 Å². The van der Waals surface area contributed by atoms with E-state index in [2.05, 4.69) is 274 Å². The Morgan fingerprint density at radius 1 is 0.276 bits per heavy atom. The third kappa shape index (κ3) is 9.67. The van der Waals surface area contributed by atoms with Crippen molar-refractivity contribution in [3.05, 3.63) is 338 Å². The van der Waals surface area contributed by atoms with Crippen LogP contribution in [0.4, 0.5) is 0 Å². The molecule has 18 aromatic rings. The number of hydrogen-bond acceptors (Lipinski definition) is 6. The Morgan fingerprint density at radius 2 is 0.704 bits per heavy atom. The summed E-state index contributed by atoms with van der Waals surface area (Å²) in [6, 6.07) is 108. The third-order valence-corrected chi connectivity index (χ3v) is 19.9. The van der Waals surface area contributed by atoms with Gasteiger partial charge in [-0.25, -0.2) is 19.9 Å². The quantitative estimate of drug-likeness (QED) is 0.111. The van der Waals surface area contributed by atoms with Crippen LogP contribution in [0.2, 0.25) is 0 Å². The predicted octanol–water partition coefficient (Wildman–Crippen LogP) is 21.8. The molecule has 460 valence electrons. The molecule has 98 heavy (non-hydrogen) atoms. The van der Waals surface area contributed by atoms with E-state index in [4.69, 9.17) is 19.9 Å². The molecule has 0 spiro atoms. The number of aromatic nitrogens is 8. The van der Waals surface area contributed by atoms with E-state index in [1.807, 2.05) is 60.9 Å². The fraction of sp³-hybridized carbons (Fsp3) is 0.0444. The molecule has 0 atom stereocenters. The van der Waals surface area contributed by atoms with Crippen LogP contribution in [0.5, 0.6) is 0 Å². The number of aryl methyl sites for hydroxylation is 2. The van der Waals surface area contributed by atoms with E-state index in [9.17, 15) is 0 Å². The van der Waals surface area contributed by atoms with Gasteiger partial charge in [0, 0.05) is 62.0 Å². The van der Waals surface area contributed by atoms with E-state index in [0.717, 1.165) is 126 Å². The average molecular weight is 1250 g/mol. The highest BCUT2D eigenvalue weighted by Crippen LogP contribution is 2.47. The van der Waals surface area contributed by atoms with E-state index >= 15 is 0 Å². The largest absolute Gasteiger partial charge is 0.291 e. The van der Waals surface area contributed by atoms with Gasteiger partial charge in [0.05, 0.1) is 44.5 Å². The zero-order valence-electron chi connectivity index (χ0n) is 53.4. The molecule has 2 aliphatic carbocycles. The number of rotatable bonds is 8. The van der Waals surface area contributed by atoms with Crippen molar-refractivity contribution in [2.45, 2.75) is 25.7 Å². The molecule has 0 unspecified atom stereocenters. The summed E-state index contributed by atoms with van der Waals surface area (Å²) in [7, 11) is 0. The maximum atomic E-state index is 5.48. The molecule has 0 fully saturated rings. The van der Waals surface area contributed by atoms with Crippen molar-refractivity contribution in [2.75, 3.05) is 0 Å². The molecule has 20 rings (SSSR count). The molecule has 0 radical (unpaired) electrons. The molecule has 2 aliphatic rings. The summed E-state index contributed by atoms with van der Waals surface area (Å²) in [5.41, 5.74) is 30.0. The molecule has 0 N–H and O–H groups in total. The lowest BCUT2D eigenvalue weighted by Crippen LogP contribution is -2.14. The van der Waals surface area contributed by atoms with Gasteiger partial charge in [0.15, 0.2) is 11.6 Å². The number of fused-ring (bicyclic) bond motifs is 14. The van der Waals surface area contributed by atoms with Crippen LogP contribution in [0.15, 0.2) is 316 Å². The molecule has 0 aliphatic heterocycles. The highest BCUT2D eigenvalue weighted by atomic mass is 15.1. The molecule has 0 saturated heterocycles. The second-order valence-corrected chi connectivity index (χ2v) is 25.5. The SMILES string of the molecule is c1ccc(-c2nc3ccccc3n2-c2ccc(-c3cccc(-c4c5c(nc6c4CCc4ccccc4-6)-c4ccccc4CC5)c3)cc2)nc1.c1ccc(-c2nc3ccccc3n2-c2ccc(-c3cccc(-c4c5ccc6ccccc6c5nc5c4ccc4ccccc45)c3)cc2)nc1. The van der Waals surface area contributed by atoms with Crippen molar-refractivity contribution >= 4 is 65.4 Å². The van der Waals surface area contributed by atoms with Crippen molar-refractivity contribution in [1.29, 1.82) is 0 Å². The summed E-state index contributed by atoms with van der Waals surface area (Å²) >= 11 is 0. The smallest absolute Gasteiger partial charge is 0.164 e. The van der Waals surface area contributed by atoms with E-state index in [1.165, 1.54) is 88.3 Å². The molecule has 12 aromatic carbocycles. The van der Waals surface area contributed by atoms with Crippen molar-refractivity contribution in [2.24, 2.45) is 0 Å². The summed E-state index contributed by atoms with van der Waals surface area (Å²) in [5.74, 6) is 1.67. The summed E-state index contributed by atoms with van der Waals surface area (Å²) < 4.78 is 4.41. The number of pyridine rings is 4. The summed E-state index contributed by atoms with van der Waals surface area (Å²) in [5, 5.41) is 7.03. The molecular formula is C90H60N8. The fourth-order valence-electron chi connectivity index (χ4n) is 15.3. The predicted molar refractivity (Wildman–Crippen MR) is 402 cm³/mol. The van der Waals surface area contributed by atoms with E-state index < -0.39 is 0 Å². The highest BCUT2D eigenvalue weighted by Gasteiger charge is 2.30. The van der Waals surface area contributed by atoms with Gasteiger partial charge in [-0.15, -0.1) is 0 Å². The lowest BCUT2D eigenvalue weighted by Gasteiger charge is -2.29. The van der Waals surface area contributed by atoms with E-state index in [0.29, 0.717) is 0 Å². The van der Waals surface area contributed by atoms with Gasteiger partial charge < -0.3 is 0 Å². The molecule has 6 heterocycles. The highest BCUT2D eigenvalue weighted by molar-refractivity contribution is 6.21. The molecule has 8 nitrogen and oxygen atoms in total. The zero-order valence-corrected chi connectivity index (χ0v) is 53.4. The molecule has 6 aromatic heterocycles. The molecule has 0 amide bonds. The summed E-state index contributed by atoms with van der Waals surface area (Å²) in [6.45, 7) is 0. The fourth-order valence-corrected chi connectivity index (χ4v) is 15.3. The monoisotopic (exact) mass is 1250 g/mol. The van der Waals surface area contributed by atoms with Crippen LogP contribution in [0.1, 0.15) is 22.3 Å². The minimum Gasteiger partial charge on any atom is -0.291 e. The Hall–Kier alpha value is -12.8. The third-order valence-electron chi connectivity index (χ3n) is 19.9. The minimum atomic E-state index is 0.827. The maximum absolute atomic E-state index is 5.48. The molecular weight excluding hydrogens is 1190 g/mol. The van der Waals surface area contributed by atoms with Crippen LogP contribution in [-0.4, -0.2) is 39.0 Å². The Kier molecular flexibility index (Phi) is 13.7. The number of benzene rings is 12. The van der Waals surface area contributed by atoms with E-state index in [1.54, 1.807) is 0 Å². The Balaban J connectivity index is 0.000000137. The van der Waals surface area contributed by atoms with Gasteiger partial charge in [-0.05, 0) is 183 Å². The van der Waals surface area contributed by atoms with Gasteiger partial charge in [-0.3, -0.25) is 19.1 Å². The number of para-hydroxylation sites is 4. The van der Waals surface area contributed by atoms with Gasteiger partial charge >= 0.3 is 0 Å². The molecule has 0 saturated carbocycles. The Morgan fingerprint density at radius 3 is 1.19 bits per heavy atom. The van der Waals surface area contributed by atoms with E-state index in [-0.39, 0.29) is 0 Å². The van der Waals surface area contributed by atoms with Crippen LogP contribution in [0, 0.1) is 0 Å². The first-order chi connectivity index (χ1) is 48.6. The Labute approximate surface area is 566 Å². The van der Waals surface area contributed by atoms with Gasteiger partial charge in [-0.1, -0.05) is 218 Å². The van der Waals surface area contributed by atoms with Gasteiger partial charge in [0.2, 0.25) is 0 Å². The lowest BCUT2D eigenvalue weighted by molar-refractivity contribution is 0.892. The average Bonchev–Trinajstić information content (AvgIpc) is 1.07. The number of nitrogens with zero attached hydrogens (tertiary/aromatic N) is 8. The van der Waals surface area contributed by atoms with Crippen molar-refractivity contribution in [3.63, 3.8) is 0 Å². The minimum absolute atomic E-state index is 0.827. The van der Waals surface area contributed by atoms with Crippen LogP contribution < -0.4 is 0 Å². The second kappa shape index (κ2) is 23.6. The first kappa shape index (κ1) is 56.7. The standard InChI is InChI=1S/C45H32N4.C45H28N4/c2*1-3-14-35-30(10-1)21-25-37-42(38-26-22-31-11-2-4-15-36(31)44(38)48-43(35)37)33-13-9-12-32(28-33)29-19-23-34(24-20-29)49-41-18-6-5-16-39(41)47-45(49)40-17-7-8-27-46-40/h1-20,23-24,27-28H,21-22,25-26H2;1-28H. The molecule has 8 heteroatoms. The van der Waals surface area contributed by atoms with Crippen LogP contribution in [0.3, 0.4) is 0 Å². The van der Waals surface area contributed by atoms with Gasteiger partial charge in [0.25, 0.3) is 0 Å². The van der Waals surface area contributed by atoms with Crippen LogP contribution >= 0.6 is 0 Å². The van der Waals surface area contributed by atoms with Crippen molar-refractivity contribution in [3.8, 4) is 101 Å². The van der Waals surface area contributed by atoms with Crippen LogP contribution in [-0.2, 0) is 25.7 Å². The first-order valence-electron chi connectivity index (χ1n) is 33.7. The number of hydrogen-bond donors (Lipinski definition) is 0. The van der Waals surface area contributed by atoms with Crippen molar-refractivity contribution in [1.82, 2.24) is 39.0 Å². The number of imidazole rings is 2. The Bertz CT molecular complexity index is 6000. The van der Waals surface area contributed by atoms with Crippen molar-refractivity contribution < 1.29 is 0 Å². The zero-order chi connectivity index (χ0) is 64.6. The topological polar surface area (TPSA) is 87.2 Å². The first-order valence-corrected chi connectivity index (χ1v) is 33.7. The molecule has 0 bridgehead atoms. The summed E-state index contributed by atoms with van der Waals surface area (Å²) in [4.78, 5) is 30.1. The summed E-state index contributed by atoms with van der Waals surface area (Å²) in [6.07, 6.45) is 7.72. The second-order valence-electron chi connectivity index (χ2n) is 25.5. The van der Waals surface area contributed by atoms with Gasteiger partial charge in [-0.2, -0.15) is 0 Å². The lowest BCUT2D eigenvalue weighted by atomic mass is 9.78.